The molecule has 0 unspecified atom stereocenters. The minimum Gasteiger partial charge on any atom is -0.458 e. The van der Waals surface area contributed by atoms with Crippen LogP contribution in [0.5, 0.6) is 0 Å². The van der Waals surface area contributed by atoms with Crippen molar-refractivity contribution in [1.29, 1.82) is 0 Å². The highest BCUT2D eigenvalue weighted by Crippen LogP contribution is 2.44. The van der Waals surface area contributed by atoms with Crippen molar-refractivity contribution in [3.8, 4) is 11.1 Å². The van der Waals surface area contributed by atoms with Crippen LogP contribution in [-0.2, 0) is 19.1 Å². The van der Waals surface area contributed by atoms with Gasteiger partial charge in [-0.15, -0.1) is 0 Å². The van der Waals surface area contributed by atoms with E-state index in [4.69, 9.17) is 9.47 Å². The van der Waals surface area contributed by atoms with Crippen molar-refractivity contribution in [3.05, 3.63) is 59.7 Å². The van der Waals surface area contributed by atoms with E-state index in [1.54, 1.807) is 0 Å². The summed E-state index contributed by atoms with van der Waals surface area (Å²) in [6.07, 6.45) is -2.38. The van der Waals surface area contributed by atoms with Crippen molar-refractivity contribution in [1.82, 2.24) is 5.32 Å². The maximum absolute atomic E-state index is 12.8. The van der Waals surface area contributed by atoms with Gasteiger partial charge in [0.25, 0.3) is 0 Å². The third-order valence-electron chi connectivity index (χ3n) is 5.10. The van der Waals surface area contributed by atoms with Crippen LogP contribution in [0.4, 0.5) is 17.7 Å². The zero-order valence-corrected chi connectivity index (χ0v) is 18.4. The number of benzene rings is 2. The van der Waals surface area contributed by atoms with Crippen LogP contribution in [-0.4, -0.2) is 43.0 Å². The molecular formula is C23H24BF3NO5-. The molecule has 33 heavy (non-hydrogen) atoms. The Kier molecular flexibility index (Phi) is 6.85. The molecule has 2 aromatic carbocycles. The lowest BCUT2D eigenvalue weighted by Crippen LogP contribution is -2.48. The van der Waals surface area contributed by atoms with E-state index in [-0.39, 0.29) is 12.5 Å². The molecule has 0 saturated heterocycles. The average Bonchev–Trinajstić information content (AvgIpc) is 3.03. The number of hydrogen-bond acceptors (Lipinski definition) is 5. The highest BCUT2D eigenvalue weighted by molar-refractivity contribution is 6.91. The normalized spacial score (nSPS) is 14.1. The van der Waals surface area contributed by atoms with E-state index >= 15 is 0 Å². The molecule has 176 valence electrons. The highest BCUT2D eigenvalue weighted by atomic mass is 19.4. The lowest BCUT2D eigenvalue weighted by atomic mass is 9.80. The summed E-state index contributed by atoms with van der Waals surface area (Å²) in [5.41, 5.74) is 0.795. The predicted octanol–water partition coefficient (Wildman–Crippen LogP) is 4.58. The zero-order chi connectivity index (χ0) is 24.4. The molecule has 3 rings (SSSR count). The molecule has 0 radical (unpaired) electrons. The van der Waals surface area contributed by atoms with Gasteiger partial charge < -0.3 is 32.5 Å². The van der Waals surface area contributed by atoms with Gasteiger partial charge in [0.1, 0.15) is 18.2 Å². The molecule has 0 saturated carbocycles. The number of fused-ring (bicyclic) bond motifs is 3. The van der Waals surface area contributed by atoms with E-state index in [1.165, 1.54) is 20.8 Å². The number of carbonyl (C=O) groups is 3. The van der Waals surface area contributed by atoms with Crippen LogP contribution in [0.2, 0.25) is 0 Å². The van der Waals surface area contributed by atoms with E-state index in [0.29, 0.717) is 0 Å². The fourth-order valence-corrected chi connectivity index (χ4v) is 3.68. The number of halogens is 3. The fourth-order valence-electron chi connectivity index (χ4n) is 3.68. The molecule has 0 bridgehead atoms. The first-order valence-corrected chi connectivity index (χ1v) is 10.4. The van der Waals surface area contributed by atoms with E-state index in [1.807, 2.05) is 48.5 Å². The number of alkyl carbamates (subject to hydrolysis) is 1. The van der Waals surface area contributed by atoms with Crippen molar-refractivity contribution in [2.24, 2.45) is 0 Å². The molecule has 6 nitrogen and oxygen atoms in total. The van der Waals surface area contributed by atoms with Crippen molar-refractivity contribution >= 4 is 24.7 Å². The average molecular weight is 462 g/mol. The molecular weight excluding hydrogens is 438 g/mol. The van der Waals surface area contributed by atoms with Gasteiger partial charge in [0.2, 0.25) is 0 Å². The van der Waals surface area contributed by atoms with Gasteiger partial charge >= 0.3 is 19.0 Å². The molecule has 0 aromatic heterocycles. The SMILES string of the molecule is CC(C)(C)OC(=O)[C@H](CC(=O)[B-](F)(F)F)NC(=O)OCC1c2ccccc2-c2ccccc21. The van der Waals surface area contributed by atoms with Crippen molar-refractivity contribution < 1.29 is 36.8 Å². The number of nitrogens with one attached hydrogen (secondary N) is 1. The molecule has 0 heterocycles. The Hall–Kier alpha value is -3.30. The van der Waals surface area contributed by atoms with Crippen molar-refractivity contribution in [2.45, 2.75) is 44.8 Å². The Morgan fingerprint density at radius 3 is 1.97 bits per heavy atom. The fraction of sp³-hybridized carbons (Fsp3) is 0.348. The smallest absolute Gasteiger partial charge is 0.458 e. The van der Waals surface area contributed by atoms with Crippen LogP contribution in [0.25, 0.3) is 11.1 Å². The maximum Gasteiger partial charge on any atom is 0.544 e. The number of rotatable bonds is 7. The van der Waals surface area contributed by atoms with Crippen LogP contribution >= 0.6 is 0 Å². The minimum atomic E-state index is -5.82. The van der Waals surface area contributed by atoms with Gasteiger partial charge in [-0.25, -0.2) is 9.59 Å². The summed E-state index contributed by atoms with van der Waals surface area (Å²) in [7, 11) is 0. The molecule has 0 spiro atoms. The number of carbonyl (C=O) groups excluding carboxylic acids is 3. The van der Waals surface area contributed by atoms with Gasteiger partial charge in [-0.3, -0.25) is 0 Å². The van der Waals surface area contributed by atoms with Crippen LogP contribution in [0.15, 0.2) is 48.5 Å². The topological polar surface area (TPSA) is 81.7 Å². The first-order chi connectivity index (χ1) is 15.4. The maximum atomic E-state index is 12.8. The summed E-state index contributed by atoms with van der Waals surface area (Å²) in [5.74, 6) is -1.42. The largest absolute Gasteiger partial charge is 0.544 e. The van der Waals surface area contributed by atoms with Crippen LogP contribution < -0.4 is 5.32 Å². The van der Waals surface area contributed by atoms with Crippen LogP contribution in [0.1, 0.15) is 44.2 Å². The monoisotopic (exact) mass is 462 g/mol. The second-order valence-corrected chi connectivity index (χ2v) is 8.80. The summed E-state index contributed by atoms with van der Waals surface area (Å²) in [4.78, 5) is 36.2. The van der Waals surface area contributed by atoms with E-state index in [0.717, 1.165) is 22.3 Å². The number of amides is 1. The van der Waals surface area contributed by atoms with Gasteiger partial charge in [0.15, 0.2) is 0 Å². The molecule has 1 aliphatic carbocycles. The summed E-state index contributed by atoms with van der Waals surface area (Å²) >= 11 is 0. The second kappa shape index (κ2) is 9.29. The molecule has 2 aromatic rings. The van der Waals surface area contributed by atoms with E-state index in [2.05, 4.69) is 5.32 Å². The lowest BCUT2D eigenvalue weighted by Gasteiger charge is -2.25. The van der Waals surface area contributed by atoms with Crippen LogP contribution in [0, 0.1) is 0 Å². The first-order valence-electron chi connectivity index (χ1n) is 10.4. The summed E-state index contributed by atoms with van der Waals surface area (Å²) in [6.45, 7) is -1.36. The third-order valence-corrected chi connectivity index (χ3v) is 5.10. The Bertz CT molecular complexity index is 1020. The number of ether oxygens (including phenoxy) is 2. The molecule has 10 heteroatoms. The first kappa shape index (κ1) is 24.3. The summed E-state index contributed by atoms with van der Waals surface area (Å²) < 4.78 is 48.7. The van der Waals surface area contributed by atoms with Gasteiger partial charge in [-0.05, 0) is 43.0 Å². The van der Waals surface area contributed by atoms with E-state index in [9.17, 15) is 27.3 Å². The third kappa shape index (κ3) is 5.94. The lowest BCUT2D eigenvalue weighted by molar-refractivity contribution is -0.158. The van der Waals surface area contributed by atoms with Crippen molar-refractivity contribution in [2.75, 3.05) is 6.61 Å². The van der Waals surface area contributed by atoms with Crippen molar-refractivity contribution in [3.63, 3.8) is 0 Å². The molecule has 1 atom stereocenters. The second-order valence-electron chi connectivity index (χ2n) is 8.80. The quantitative estimate of drug-likeness (QED) is 0.481. The van der Waals surface area contributed by atoms with Gasteiger partial charge in [-0.1, -0.05) is 48.5 Å². The Labute approximate surface area is 189 Å². The summed E-state index contributed by atoms with van der Waals surface area (Å²) in [6, 6.07) is 13.4. The molecule has 1 amide bonds. The predicted molar refractivity (Wildman–Crippen MR) is 117 cm³/mol. The minimum absolute atomic E-state index is 0.0992. The number of hydrogen-bond donors (Lipinski definition) is 1. The van der Waals surface area contributed by atoms with Gasteiger partial charge in [0.05, 0.1) is 5.68 Å². The Balaban J connectivity index is 1.71. The standard InChI is InChI=1S/C23H24BF3NO5/c1-23(2,3)33-21(30)19(12-20(29)24(25,26)27)28-22(31)32-13-18-16-10-6-4-8-14(16)15-9-5-7-11-17(15)18/h4-11,18-19H,12-13H2,1-3H3,(H,28,31)/q-1/t19-/m0/s1. The van der Waals surface area contributed by atoms with Gasteiger partial charge in [0, 0.05) is 12.3 Å². The molecule has 0 fully saturated rings. The van der Waals surface area contributed by atoms with E-state index < -0.39 is 42.8 Å². The van der Waals surface area contributed by atoms with Gasteiger partial charge in [-0.2, -0.15) is 0 Å². The van der Waals surface area contributed by atoms with Crippen LogP contribution in [0.3, 0.4) is 0 Å². The Morgan fingerprint density at radius 1 is 0.970 bits per heavy atom. The summed E-state index contributed by atoms with van der Waals surface area (Å²) in [5, 5.41) is 2.07. The molecule has 1 aliphatic rings. The molecule has 1 N–H and O–H groups in total. The highest BCUT2D eigenvalue weighted by Gasteiger charge is 2.38. The molecule has 0 aliphatic heterocycles. The Morgan fingerprint density at radius 2 is 1.48 bits per heavy atom. The zero-order valence-electron chi connectivity index (χ0n) is 18.4. The number of esters is 1.